The van der Waals surface area contributed by atoms with Crippen molar-refractivity contribution in [2.24, 2.45) is 5.84 Å². The van der Waals surface area contributed by atoms with Crippen molar-refractivity contribution in [2.75, 3.05) is 0 Å². The molecule has 0 amide bonds. The van der Waals surface area contributed by atoms with Gasteiger partial charge in [-0.1, -0.05) is 28.1 Å². The summed E-state index contributed by atoms with van der Waals surface area (Å²) in [7, 11) is 0. The highest BCUT2D eigenvalue weighted by Gasteiger charge is 2.09. The molecule has 96 valence electrons. The van der Waals surface area contributed by atoms with Crippen molar-refractivity contribution < 1.29 is 4.42 Å². The van der Waals surface area contributed by atoms with Gasteiger partial charge in [0.15, 0.2) is 0 Å². The summed E-state index contributed by atoms with van der Waals surface area (Å²) in [5.74, 6) is 6.61. The number of hydrogen-bond donors (Lipinski definition) is 2. The first kappa shape index (κ1) is 13.3. The molecule has 1 aromatic heterocycles. The fraction of sp³-hybridized carbons (Fsp3) is 0.286. The van der Waals surface area contributed by atoms with E-state index in [1.54, 1.807) is 6.26 Å². The zero-order valence-electron chi connectivity index (χ0n) is 10.1. The predicted molar refractivity (Wildman–Crippen MR) is 76.0 cm³/mol. The fourth-order valence-electron chi connectivity index (χ4n) is 1.92. The van der Waals surface area contributed by atoms with Gasteiger partial charge in [-0.25, -0.2) is 0 Å². The normalized spacial score (nSPS) is 12.6. The van der Waals surface area contributed by atoms with E-state index in [0.717, 1.165) is 29.5 Å². The summed E-state index contributed by atoms with van der Waals surface area (Å²) in [6.45, 7) is 0. The maximum atomic E-state index is 5.60. The van der Waals surface area contributed by atoms with Gasteiger partial charge >= 0.3 is 0 Å². The molecule has 0 aliphatic rings. The molecule has 1 heterocycles. The Labute approximate surface area is 115 Å². The van der Waals surface area contributed by atoms with Crippen molar-refractivity contribution in [1.82, 2.24) is 5.43 Å². The van der Waals surface area contributed by atoms with Crippen LogP contribution in [-0.4, -0.2) is 6.04 Å². The Balaban J connectivity index is 1.87. The van der Waals surface area contributed by atoms with Crippen LogP contribution in [0, 0.1) is 0 Å². The largest absolute Gasteiger partial charge is 0.469 e. The molecule has 2 rings (SSSR count). The molecule has 0 fully saturated rings. The van der Waals surface area contributed by atoms with E-state index in [0.29, 0.717) is 0 Å². The van der Waals surface area contributed by atoms with Crippen LogP contribution in [0.4, 0.5) is 0 Å². The summed E-state index contributed by atoms with van der Waals surface area (Å²) in [6, 6.07) is 12.5. The lowest BCUT2D eigenvalue weighted by molar-refractivity contribution is 0.447. The van der Waals surface area contributed by atoms with E-state index in [4.69, 9.17) is 10.3 Å². The van der Waals surface area contributed by atoms with Gasteiger partial charge in [0, 0.05) is 16.9 Å². The van der Waals surface area contributed by atoms with Crippen molar-refractivity contribution in [2.45, 2.75) is 25.3 Å². The molecule has 1 atom stereocenters. The fourth-order valence-corrected chi connectivity index (χ4v) is 2.18. The summed E-state index contributed by atoms with van der Waals surface area (Å²) in [5, 5.41) is 0. The molecule has 0 radical (unpaired) electrons. The molecule has 0 spiro atoms. The third-order valence-electron chi connectivity index (χ3n) is 2.95. The molecule has 0 aliphatic heterocycles. The van der Waals surface area contributed by atoms with Gasteiger partial charge in [0.2, 0.25) is 0 Å². The molecule has 3 nitrogen and oxygen atoms in total. The molecule has 4 heteroatoms. The summed E-state index contributed by atoms with van der Waals surface area (Å²) in [5.41, 5.74) is 4.15. The Hall–Kier alpha value is -1.10. The van der Waals surface area contributed by atoms with Gasteiger partial charge in [0.05, 0.1) is 6.26 Å². The number of nitrogens with one attached hydrogen (secondary N) is 1. The number of aryl methyl sites for hydroxylation is 1. The molecule has 0 aliphatic carbocycles. The van der Waals surface area contributed by atoms with Crippen molar-refractivity contribution in [3.05, 3.63) is 58.5 Å². The van der Waals surface area contributed by atoms with E-state index in [9.17, 15) is 0 Å². The summed E-state index contributed by atoms with van der Waals surface area (Å²) in [6.07, 6.45) is 4.48. The molecule has 0 saturated carbocycles. The number of furan rings is 1. The first-order valence-corrected chi connectivity index (χ1v) is 6.80. The topological polar surface area (TPSA) is 51.2 Å². The molecule has 18 heavy (non-hydrogen) atoms. The van der Waals surface area contributed by atoms with Crippen LogP contribution >= 0.6 is 15.9 Å². The second-order valence-corrected chi connectivity index (χ2v) is 5.23. The number of hydrazine groups is 1. The zero-order chi connectivity index (χ0) is 12.8. The highest BCUT2D eigenvalue weighted by molar-refractivity contribution is 9.10. The van der Waals surface area contributed by atoms with Crippen LogP contribution in [-0.2, 0) is 12.8 Å². The van der Waals surface area contributed by atoms with E-state index in [1.807, 2.05) is 12.1 Å². The van der Waals surface area contributed by atoms with Crippen molar-refractivity contribution in [3.8, 4) is 0 Å². The Morgan fingerprint density at radius 3 is 2.61 bits per heavy atom. The molecular formula is C14H17BrN2O. The highest BCUT2D eigenvalue weighted by Crippen LogP contribution is 2.14. The monoisotopic (exact) mass is 308 g/mol. The highest BCUT2D eigenvalue weighted by atomic mass is 79.9. The molecular weight excluding hydrogens is 292 g/mol. The maximum absolute atomic E-state index is 5.60. The van der Waals surface area contributed by atoms with Gasteiger partial charge in [0.25, 0.3) is 0 Å². The van der Waals surface area contributed by atoms with Crippen LogP contribution in [0.2, 0.25) is 0 Å². The Morgan fingerprint density at radius 1 is 1.22 bits per heavy atom. The van der Waals surface area contributed by atoms with Gasteiger partial charge < -0.3 is 4.42 Å². The second-order valence-electron chi connectivity index (χ2n) is 4.31. The third-order valence-corrected chi connectivity index (χ3v) is 3.48. The average Bonchev–Trinajstić information content (AvgIpc) is 2.90. The van der Waals surface area contributed by atoms with Gasteiger partial charge in [-0.2, -0.15) is 0 Å². The third kappa shape index (κ3) is 3.98. The van der Waals surface area contributed by atoms with Crippen molar-refractivity contribution in [1.29, 1.82) is 0 Å². The second kappa shape index (κ2) is 6.73. The quantitative estimate of drug-likeness (QED) is 0.637. The van der Waals surface area contributed by atoms with E-state index < -0.39 is 0 Å². The number of rotatable bonds is 6. The molecule has 2 aromatic rings. The lowest BCUT2D eigenvalue weighted by Crippen LogP contribution is -2.37. The first-order valence-electron chi connectivity index (χ1n) is 6.01. The summed E-state index contributed by atoms with van der Waals surface area (Å²) in [4.78, 5) is 0. The Bertz CT molecular complexity index is 453. The Kier molecular flexibility index (Phi) is 4.99. The number of benzene rings is 1. The van der Waals surface area contributed by atoms with E-state index in [-0.39, 0.29) is 6.04 Å². The van der Waals surface area contributed by atoms with Crippen LogP contribution in [0.1, 0.15) is 17.7 Å². The standard InChI is InChI=1S/C14H17BrN2O/c15-12-5-3-11(4-6-12)10-13(17-16)7-8-14-2-1-9-18-14/h1-6,9,13,17H,7-8,10,16H2. The van der Waals surface area contributed by atoms with Gasteiger partial charge in [-0.3, -0.25) is 11.3 Å². The smallest absolute Gasteiger partial charge is 0.103 e. The average molecular weight is 309 g/mol. The molecule has 0 bridgehead atoms. The minimum Gasteiger partial charge on any atom is -0.469 e. The summed E-state index contributed by atoms with van der Waals surface area (Å²) >= 11 is 3.43. The van der Waals surface area contributed by atoms with Gasteiger partial charge in [0.1, 0.15) is 5.76 Å². The van der Waals surface area contributed by atoms with Gasteiger partial charge in [-0.15, -0.1) is 0 Å². The minimum absolute atomic E-state index is 0.260. The SMILES string of the molecule is NNC(CCc1ccco1)Cc1ccc(Br)cc1. The maximum Gasteiger partial charge on any atom is 0.103 e. The number of hydrogen-bond acceptors (Lipinski definition) is 3. The number of halogens is 1. The minimum atomic E-state index is 0.260. The van der Waals surface area contributed by atoms with Crippen molar-refractivity contribution >= 4 is 15.9 Å². The first-order chi connectivity index (χ1) is 8.78. The molecule has 3 N–H and O–H groups in total. The van der Waals surface area contributed by atoms with Crippen molar-refractivity contribution in [3.63, 3.8) is 0 Å². The van der Waals surface area contributed by atoms with E-state index in [2.05, 4.69) is 45.6 Å². The number of nitrogens with two attached hydrogens (primary N) is 1. The van der Waals surface area contributed by atoms with E-state index in [1.165, 1.54) is 5.56 Å². The van der Waals surface area contributed by atoms with Crippen LogP contribution < -0.4 is 11.3 Å². The lowest BCUT2D eigenvalue weighted by Gasteiger charge is -2.15. The van der Waals surface area contributed by atoms with Gasteiger partial charge in [-0.05, 0) is 42.7 Å². The predicted octanol–water partition coefficient (Wildman–Crippen LogP) is 3.05. The molecule has 0 saturated heterocycles. The van der Waals surface area contributed by atoms with Crippen LogP contribution in [0.25, 0.3) is 0 Å². The van der Waals surface area contributed by atoms with Crippen LogP contribution in [0.15, 0.2) is 51.6 Å². The van der Waals surface area contributed by atoms with E-state index >= 15 is 0 Å². The summed E-state index contributed by atoms with van der Waals surface area (Å²) < 4.78 is 6.42. The zero-order valence-corrected chi connectivity index (χ0v) is 11.7. The molecule has 1 aromatic carbocycles. The Morgan fingerprint density at radius 2 is 2.00 bits per heavy atom. The molecule has 1 unspecified atom stereocenters. The lowest BCUT2D eigenvalue weighted by atomic mass is 10.0. The van der Waals surface area contributed by atoms with Crippen LogP contribution in [0.3, 0.4) is 0 Å². The van der Waals surface area contributed by atoms with Crippen LogP contribution in [0.5, 0.6) is 0 Å².